The molecule has 3 rings (SSSR count). The van der Waals surface area contributed by atoms with E-state index in [1.807, 2.05) is 0 Å². The standard InChI is InChI=1S/C14H24N2O3S/c1-2-10-7-16-4-3-11(10)5-12(16)6-15-13(17)8-20-9-14(18)19/h10-12H,2-9H2,1H3,(H,15,17)(H,18,19). The number of fused-ring (bicyclic) bond motifs is 3. The smallest absolute Gasteiger partial charge is 0.313 e. The Labute approximate surface area is 124 Å². The van der Waals surface area contributed by atoms with E-state index in [1.54, 1.807) is 0 Å². The first-order chi connectivity index (χ1) is 9.60. The van der Waals surface area contributed by atoms with Crippen molar-refractivity contribution in [3.05, 3.63) is 0 Å². The summed E-state index contributed by atoms with van der Waals surface area (Å²) >= 11 is 1.15. The number of aliphatic carboxylic acids is 1. The third-order valence-corrected chi connectivity index (χ3v) is 5.45. The van der Waals surface area contributed by atoms with Crippen LogP contribution in [-0.4, -0.2) is 59.1 Å². The minimum atomic E-state index is -0.871. The molecule has 0 saturated carbocycles. The summed E-state index contributed by atoms with van der Waals surface area (Å²) in [6.45, 7) is 5.31. The van der Waals surface area contributed by atoms with Gasteiger partial charge in [-0.1, -0.05) is 13.3 Å². The number of piperidine rings is 3. The quantitative estimate of drug-likeness (QED) is 0.735. The van der Waals surface area contributed by atoms with Crippen molar-refractivity contribution in [2.75, 3.05) is 31.1 Å². The lowest BCUT2D eigenvalue weighted by Gasteiger charge is -2.50. The third-order valence-electron chi connectivity index (χ3n) is 4.53. The number of carboxylic acids is 1. The molecule has 2 bridgehead atoms. The second-order valence-corrected chi connectivity index (χ2v) is 6.78. The number of carboxylic acid groups (broad SMARTS) is 1. The van der Waals surface area contributed by atoms with Gasteiger partial charge in [0.1, 0.15) is 0 Å². The van der Waals surface area contributed by atoms with Gasteiger partial charge in [-0.25, -0.2) is 0 Å². The molecule has 1 amide bonds. The summed E-state index contributed by atoms with van der Waals surface area (Å²) in [6, 6.07) is 0.477. The highest BCUT2D eigenvalue weighted by molar-refractivity contribution is 8.00. The van der Waals surface area contributed by atoms with E-state index in [0.717, 1.165) is 30.1 Å². The van der Waals surface area contributed by atoms with Gasteiger partial charge < -0.3 is 10.4 Å². The van der Waals surface area contributed by atoms with Crippen LogP contribution >= 0.6 is 11.8 Å². The van der Waals surface area contributed by atoms with Gasteiger partial charge in [0, 0.05) is 19.1 Å². The van der Waals surface area contributed by atoms with Crippen molar-refractivity contribution in [3.63, 3.8) is 0 Å². The lowest BCUT2D eigenvalue weighted by atomic mass is 9.74. The minimum absolute atomic E-state index is 0.0107. The summed E-state index contributed by atoms with van der Waals surface area (Å²) in [7, 11) is 0. The molecule has 0 aromatic rings. The van der Waals surface area contributed by atoms with E-state index < -0.39 is 5.97 Å². The zero-order chi connectivity index (χ0) is 14.5. The van der Waals surface area contributed by atoms with Crippen LogP contribution in [0.2, 0.25) is 0 Å². The predicted octanol–water partition coefficient (Wildman–Crippen LogP) is 1.04. The maximum absolute atomic E-state index is 11.7. The normalized spacial score (nSPS) is 32.0. The Kier molecular flexibility index (Phi) is 5.72. The molecule has 4 atom stereocenters. The molecule has 6 heteroatoms. The van der Waals surface area contributed by atoms with Gasteiger partial charge in [0.15, 0.2) is 0 Å². The van der Waals surface area contributed by atoms with Crippen LogP contribution in [0.15, 0.2) is 0 Å². The molecule has 114 valence electrons. The van der Waals surface area contributed by atoms with Crippen LogP contribution in [0.5, 0.6) is 0 Å². The maximum Gasteiger partial charge on any atom is 0.313 e. The van der Waals surface area contributed by atoms with Gasteiger partial charge in [-0.3, -0.25) is 14.5 Å². The van der Waals surface area contributed by atoms with Crippen LogP contribution in [0.4, 0.5) is 0 Å². The van der Waals surface area contributed by atoms with Crippen molar-refractivity contribution in [1.82, 2.24) is 10.2 Å². The van der Waals surface area contributed by atoms with E-state index in [9.17, 15) is 9.59 Å². The molecule has 5 nitrogen and oxygen atoms in total. The average molecular weight is 300 g/mol. The van der Waals surface area contributed by atoms with E-state index >= 15 is 0 Å². The molecule has 0 aromatic heterocycles. The van der Waals surface area contributed by atoms with Crippen molar-refractivity contribution >= 4 is 23.6 Å². The molecule has 3 fully saturated rings. The lowest BCUT2D eigenvalue weighted by molar-refractivity contribution is -0.133. The number of carbonyl (C=O) groups excluding carboxylic acids is 1. The fourth-order valence-corrected chi connectivity index (χ4v) is 4.00. The molecular weight excluding hydrogens is 276 g/mol. The van der Waals surface area contributed by atoms with E-state index in [4.69, 9.17) is 5.11 Å². The number of nitrogens with one attached hydrogen (secondary N) is 1. The Morgan fingerprint density at radius 1 is 1.40 bits per heavy atom. The molecule has 0 spiro atoms. The van der Waals surface area contributed by atoms with Gasteiger partial charge in [-0.05, 0) is 31.2 Å². The van der Waals surface area contributed by atoms with Crippen molar-refractivity contribution in [2.24, 2.45) is 11.8 Å². The maximum atomic E-state index is 11.7. The number of hydrogen-bond donors (Lipinski definition) is 2. The second kappa shape index (κ2) is 7.31. The number of hydrogen-bond acceptors (Lipinski definition) is 4. The predicted molar refractivity (Wildman–Crippen MR) is 79.8 cm³/mol. The monoisotopic (exact) mass is 300 g/mol. The fourth-order valence-electron chi connectivity index (χ4n) is 3.44. The molecule has 3 heterocycles. The highest BCUT2D eigenvalue weighted by Crippen LogP contribution is 2.37. The Hall–Kier alpha value is -0.750. The molecular formula is C14H24N2O3S. The average Bonchev–Trinajstić information content (AvgIpc) is 2.45. The van der Waals surface area contributed by atoms with Gasteiger partial charge in [-0.15, -0.1) is 11.8 Å². The Bertz CT molecular complexity index is 364. The highest BCUT2D eigenvalue weighted by atomic mass is 32.2. The molecule has 3 aliphatic heterocycles. The van der Waals surface area contributed by atoms with Crippen LogP contribution < -0.4 is 5.32 Å². The fraction of sp³-hybridized carbons (Fsp3) is 0.857. The molecule has 0 aliphatic carbocycles. The van der Waals surface area contributed by atoms with Gasteiger partial charge in [0.05, 0.1) is 11.5 Å². The molecule has 3 saturated heterocycles. The Balaban J connectivity index is 1.67. The largest absolute Gasteiger partial charge is 0.481 e. The minimum Gasteiger partial charge on any atom is -0.481 e. The zero-order valence-electron chi connectivity index (χ0n) is 12.0. The number of amides is 1. The SMILES string of the molecule is CCC1CN2CCC1CC2CNC(=O)CSCC(=O)O. The summed E-state index contributed by atoms with van der Waals surface area (Å²) in [5, 5.41) is 11.5. The first-order valence-corrected chi connectivity index (χ1v) is 8.56. The highest BCUT2D eigenvalue weighted by Gasteiger charge is 2.38. The lowest BCUT2D eigenvalue weighted by Crippen LogP contribution is -2.56. The number of rotatable bonds is 7. The van der Waals surface area contributed by atoms with E-state index in [1.165, 1.54) is 25.8 Å². The Morgan fingerprint density at radius 2 is 2.20 bits per heavy atom. The van der Waals surface area contributed by atoms with Crippen LogP contribution in [0.3, 0.4) is 0 Å². The molecule has 3 aliphatic rings. The number of thioether (sulfide) groups is 1. The zero-order valence-corrected chi connectivity index (χ0v) is 12.8. The molecule has 0 aromatic carbocycles. The first-order valence-electron chi connectivity index (χ1n) is 7.40. The van der Waals surface area contributed by atoms with Crippen molar-refractivity contribution in [3.8, 4) is 0 Å². The number of nitrogens with zero attached hydrogens (tertiary/aromatic N) is 1. The van der Waals surface area contributed by atoms with Gasteiger partial charge in [0.25, 0.3) is 0 Å². The van der Waals surface area contributed by atoms with Crippen LogP contribution in [0.1, 0.15) is 26.2 Å². The second-order valence-electron chi connectivity index (χ2n) is 5.79. The summed E-state index contributed by atoms with van der Waals surface area (Å²) in [6.07, 6.45) is 3.75. The summed E-state index contributed by atoms with van der Waals surface area (Å²) in [5.74, 6) is 0.966. The topological polar surface area (TPSA) is 69.6 Å². The summed E-state index contributed by atoms with van der Waals surface area (Å²) < 4.78 is 0. The number of carbonyl (C=O) groups is 2. The van der Waals surface area contributed by atoms with Crippen LogP contribution in [0.25, 0.3) is 0 Å². The molecule has 0 radical (unpaired) electrons. The van der Waals surface area contributed by atoms with Crippen molar-refractivity contribution < 1.29 is 14.7 Å². The van der Waals surface area contributed by atoms with Gasteiger partial charge in [-0.2, -0.15) is 0 Å². The van der Waals surface area contributed by atoms with Gasteiger partial charge in [0.2, 0.25) is 5.91 Å². The molecule has 2 N–H and O–H groups in total. The van der Waals surface area contributed by atoms with Crippen molar-refractivity contribution in [2.45, 2.75) is 32.2 Å². The molecule has 20 heavy (non-hydrogen) atoms. The van der Waals surface area contributed by atoms with E-state index in [0.29, 0.717) is 12.6 Å². The third kappa shape index (κ3) is 4.12. The van der Waals surface area contributed by atoms with E-state index in [-0.39, 0.29) is 17.4 Å². The first kappa shape index (κ1) is 15.6. The van der Waals surface area contributed by atoms with Crippen LogP contribution in [0, 0.1) is 11.8 Å². The summed E-state index contributed by atoms with van der Waals surface area (Å²) in [5.41, 5.74) is 0. The van der Waals surface area contributed by atoms with Gasteiger partial charge >= 0.3 is 5.97 Å². The Morgan fingerprint density at radius 3 is 2.80 bits per heavy atom. The molecule has 4 unspecified atom stereocenters. The van der Waals surface area contributed by atoms with Crippen molar-refractivity contribution in [1.29, 1.82) is 0 Å². The van der Waals surface area contributed by atoms with Crippen LogP contribution in [-0.2, 0) is 9.59 Å². The van der Waals surface area contributed by atoms with E-state index in [2.05, 4.69) is 17.1 Å². The summed E-state index contributed by atoms with van der Waals surface area (Å²) in [4.78, 5) is 24.5.